The van der Waals surface area contributed by atoms with Gasteiger partial charge in [0.15, 0.2) is 5.11 Å². The molecule has 1 aliphatic rings. The van der Waals surface area contributed by atoms with Crippen LogP contribution in [-0.4, -0.2) is 39.8 Å². The Bertz CT molecular complexity index is 759. The predicted octanol–water partition coefficient (Wildman–Crippen LogP) is 3.53. The molecule has 1 aliphatic heterocycles. The molecule has 3 rings (SSSR count). The maximum Gasteiger partial charge on any atom is 0.170 e. The van der Waals surface area contributed by atoms with Gasteiger partial charge >= 0.3 is 0 Å². The second-order valence-corrected chi connectivity index (χ2v) is 7.18. The van der Waals surface area contributed by atoms with E-state index in [-0.39, 0.29) is 12.1 Å². The number of hydrogen-bond acceptors (Lipinski definition) is 3. The van der Waals surface area contributed by atoms with Crippen LogP contribution in [0.1, 0.15) is 48.1 Å². The Morgan fingerprint density at radius 3 is 2.73 bits per heavy atom. The van der Waals surface area contributed by atoms with Crippen LogP contribution in [-0.2, 0) is 11.3 Å². The number of hydrogen-bond donors (Lipinski definition) is 1. The maximum absolute atomic E-state index is 5.67. The summed E-state index contributed by atoms with van der Waals surface area (Å²) in [6.45, 7) is 9.04. The molecule has 0 radical (unpaired) electrons. The molecule has 0 spiro atoms. The molecule has 2 aromatic heterocycles. The lowest BCUT2D eigenvalue weighted by molar-refractivity contribution is 0.186. The van der Waals surface area contributed by atoms with Gasteiger partial charge in [-0.05, 0) is 56.2 Å². The second kappa shape index (κ2) is 8.18. The van der Waals surface area contributed by atoms with E-state index in [2.05, 4.69) is 52.7 Å². The van der Waals surface area contributed by atoms with E-state index in [0.717, 1.165) is 30.3 Å². The first-order valence-corrected chi connectivity index (χ1v) is 9.63. The van der Waals surface area contributed by atoms with Crippen molar-refractivity contribution in [2.24, 2.45) is 0 Å². The highest BCUT2D eigenvalue weighted by molar-refractivity contribution is 7.80. The Hall–Kier alpha value is -1.92. The monoisotopic (exact) mass is 372 g/mol. The van der Waals surface area contributed by atoms with Gasteiger partial charge in [0.05, 0.1) is 24.4 Å². The summed E-state index contributed by atoms with van der Waals surface area (Å²) < 4.78 is 7.62. The van der Waals surface area contributed by atoms with Crippen molar-refractivity contribution >= 4 is 17.3 Å². The first-order chi connectivity index (χ1) is 12.6. The van der Waals surface area contributed by atoms with Crippen LogP contribution in [0.15, 0.2) is 30.5 Å². The molecule has 6 heteroatoms. The third-order valence-corrected chi connectivity index (χ3v) is 5.47. The number of nitrogens with zero attached hydrogens (tertiary/aromatic N) is 3. The number of nitrogens with one attached hydrogen (secondary N) is 1. The first-order valence-electron chi connectivity index (χ1n) is 9.22. The van der Waals surface area contributed by atoms with Gasteiger partial charge in [-0.2, -0.15) is 0 Å². The highest BCUT2D eigenvalue weighted by atomic mass is 32.1. The zero-order valence-electron chi connectivity index (χ0n) is 16.0. The minimum absolute atomic E-state index is 0.0617. The first kappa shape index (κ1) is 18.9. The van der Waals surface area contributed by atoms with E-state index in [0.29, 0.717) is 6.61 Å². The van der Waals surface area contributed by atoms with Crippen molar-refractivity contribution < 1.29 is 4.74 Å². The smallest absolute Gasteiger partial charge is 0.170 e. The molecule has 0 aliphatic carbocycles. The topological polar surface area (TPSA) is 42.3 Å². The van der Waals surface area contributed by atoms with Gasteiger partial charge < -0.3 is 19.5 Å². The fourth-order valence-electron chi connectivity index (χ4n) is 3.88. The van der Waals surface area contributed by atoms with Crippen molar-refractivity contribution in [1.82, 2.24) is 19.8 Å². The molecule has 0 bridgehead atoms. The van der Waals surface area contributed by atoms with Crippen LogP contribution in [0.4, 0.5) is 0 Å². The largest absolute Gasteiger partial charge is 0.383 e. The SMILES string of the molecule is CCCN1C(=S)N[C@@H](c2ccccn2)[C@@H]1c1cc(C)n(CCOC)c1C. The average molecular weight is 373 g/mol. The van der Waals surface area contributed by atoms with Crippen LogP contribution in [0.3, 0.4) is 0 Å². The van der Waals surface area contributed by atoms with Crippen molar-refractivity contribution in [3.05, 3.63) is 53.1 Å². The number of methoxy groups -OCH3 is 1. The van der Waals surface area contributed by atoms with E-state index in [9.17, 15) is 0 Å². The highest BCUT2D eigenvalue weighted by Gasteiger charge is 2.40. The minimum atomic E-state index is 0.0617. The van der Waals surface area contributed by atoms with Crippen LogP contribution >= 0.6 is 12.2 Å². The molecule has 0 saturated carbocycles. The highest BCUT2D eigenvalue weighted by Crippen LogP contribution is 2.40. The molecule has 0 amide bonds. The summed E-state index contributed by atoms with van der Waals surface area (Å²) in [5.74, 6) is 0. The molecule has 1 fully saturated rings. The Morgan fingerprint density at radius 2 is 2.08 bits per heavy atom. The van der Waals surface area contributed by atoms with Crippen LogP contribution in [0.25, 0.3) is 0 Å². The van der Waals surface area contributed by atoms with E-state index >= 15 is 0 Å². The number of ether oxygens (including phenoxy) is 1. The van der Waals surface area contributed by atoms with Gasteiger partial charge in [0.1, 0.15) is 0 Å². The van der Waals surface area contributed by atoms with E-state index in [4.69, 9.17) is 17.0 Å². The van der Waals surface area contributed by atoms with Gasteiger partial charge in [-0.15, -0.1) is 0 Å². The quantitative estimate of drug-likeness (QED) is 0.753. The summed E-state index contributed by atoms with van der Waals surface area (Å²) in [5, 5.41) is 4.33. The van der Waals surface area contributed by atoms with Crippen LogP contribution in [0, 0.1) is 13.8 Å². The summed E-state index contributed by atoms with van der Waals surface area (Å²) in [6.07, 6.45) is 2.90. The van der Waals surface area contributed by atoms with Gasteiger partial charge in [0.2, 0.25) is 0 Å². The summed E-state index contributed by atoms with van der Waals surface area (Å²) in [6, 6.07) is 8.57. The van der Waals surface area contributed by atoms with E-state index < -0.39 is 0 Å². The maximum atomic E-state index is 5.67. The molecule has 5 nitrogen and oxygen atoms in total. The normalized spacial score (nSPS) is 19.8. The van der Waals surface area contributed by atoms with Gasteiger partial charge in [0, 0.05) is 37.8 Å². The van der Waals surface area contributed by atoms with Crippen molar-refractivity contribution in [2.45, 2.75) is 45.8 Å². The molecule has 2 atom stereocenters. The molecular weight excluding hydrogens is 344 g/mol. The standard InChI is InChI=1S/C20H28N4OS/c1-5-10-24-19(16-13-14(2)23(15(16)3)11-12-25-4)18(22-20(24)26)17-8-6-7-9-21-17/h6-9,13,18-19H,5,10-12H2,1-4H3,(H,22,26)/t18-,19-/m0/s1. The molecule has 140 valence electrons. The average Bonchev–Trinajstić information content (AvgIpc) is 3.11. The fraction of sp³-hybridized carbons (Fsp3) is 0.500. The van der Waals surface area contributed by atoms with Crippen molar-refractivity contribution in [1.29, 1.82) is 0 Å². The van der Waals surface area contributed by atoms with Crippen molar-refractivity contribution in [3.8, 4) is 0 Å². The molecule has 1 N–H and O–H groups in total. The molecule has 0 aromatic carbocycles. The molecule has 26 heavy (non-hydrogen) atoms. The predicted molar refractivity (Wildman–Crippen MR) is 108 cm³/mol. The molecule has 0 unspecified atom stereocenters. The summed E-state index contributed by atoms with van der Waals surface area (Å²) in [7, 11) is 1.74. The molecule has 3 heterocycles. The third kappa shape index (κ3) is 3.48. The van der Waals surface area contributed by atoms with Crippen molar-refractivity contribution in [2.75, 3.05) is 20.3 Å². The zero-order chi connectivity index (χ0) is 18.7. The number of aromatic nitrogens is 2. The van der Waals surface area contributed by atoms with Gasteiger partial charge in [-0.3, -0.25) is 4.98 Å². The Kier molecular flexibility index (Phi) is 5.94. The third-order valence-electron chi connectivity index (χ3n) is 5.11. The fourth-order valence-corrected chi connectivity index (χ4v) is 4.21. The number of thiocarbonyl (C=S) groups is 1. The van der Waals surface area contributed by atoms with Crippen LogP contribution in [0.5, 0.6) is 0 Å². The van der Waals surface area contributed by atoms with E-state index in [1.807, 2.05) is 18.3 Å². The minimum Gasteiger partial charge on any atom is -0.383 e. The Labute approximate surface area is 161 Å². The lowest BCUT2D eigenvalue weighted by Crippen LogP contribution is -2.30. The van der Waals surface area contributed by atoms with Crippen LogP contribution in [0.2, 0.25) is 0 Å². The lowest BCUT2D eigenvalue weighted by atomic mass is 9.96. The lowest BCUT2D eigenvalue weighted by Gasteiger charge is -2.27. The number of pyridine rings is 1. The van der Waals surface area contributed by atoms with E-state index in [1.54, 1.807) is 7.11 Å². The summed E-state index contributed by atoms with van der Waals surface area (Å²) >= 11 is 5.67. The Morgan fingerprint density at radius 1 is 1.27 bits per heavy atom. The molecule has 1 saturated heterocycles. The van der Waals surface area contributed by atoms with Crippen LogP contribution < -0.4 is 5.32 Å². The Balaban J connectivity index is 2.03. The molecular formula is C20H28N4OS. The second-order valence-electron chi connectivity index (χ2n) is 6.79. The number of rotatable bonds is 7. The zero-order valence-corrected chi connectivity index (χ0v) is 16.8. The van der Waals surface area contributed by atoms with Gasteiger partial charge in [-0.1, -0.05) is 13.0 Å². The van der Waals surface area contributed by atoms with Gasteiger partial charge in [-0.25, -0.2) is 0 Å². The summed E-state index contributed by atoms with van der Waals surface area (Å²) in [5.41, 5.74) is 4.87. The number of aryl methyl sites for hydroxylation is 1. The van der Waals surface area contributed by atoms with E-state index in [1.165, 1.54) is 17.0 Å². The summed E-state index contributed by atoms with van der Waals surface area (Å²) in [4.78, 5) is 6.91. The molecule has 2 aromatic rings. The van der Waals surface area contributed by atoms with Crippen molar-refractivity contribution in [3.63, 3.8) is 0 Å². The van der Waals surface area contributed by atoms with Gasteiger partial charge in [0.25, 0.3) is 0 Å².